The number of ether oxygens (including phenoxy) is 3. The van der Waals surface area contributed by atoms with Gasteiger partial charge in [0.15, 0.2) is 17.3 Å². The zero-order valence-corrected chi connectivity index (χ0v) is 20.7. The van der Waals surface area contributed by atoms with Crippen LogP contribution in [-0.4, -0.2) is 64.1 Å². The quantitative estimate of drug-likeness (QED) is 0.515. The minimum Gasteiger partial charge on any atom is -0.493 e. The first-order chi connectivity index (χ1) is 15.4. The fourth-order valence-corrected chi connectivity index (χ4v) is 4.44. The predicted octanol–water partition coefficient (Wildman–Crippen LogP) is 3.81. The molecule has 3 rings (SSSR count). The Hall–Kier alpha value is -2.51. The van der Waals surface area contributed by atoms with Crippen LogP contribution in [0.1, 0.15) is 42.5 Å². The number of nitrogens with zero attached hydrogens (tertiary/aromatic N) is 1. The van der Waals surface area contributed by atoms with Crippen molar-refractivity contribution in [1.29, 1.82) is 0 Å². The van der Waals surface area contributed by atoms with E-state index in [1.807, 2.05) is 19.2 Å². The number of ketones is 1. The zero-order chi connectivity index (χ0) is 23.1. The number of benzene rings is 1. The third kappa shape index (κ3) is 6.30. The number of carbonyl (C=O) groups is 2. The molecule has 1 aliphatic heterocycles. The van der Waals surface area contributed by atoms with E-state index in [2.05, 4.69) is 17.5 Å². The zero-order valence-electron chi connectivity index (χ0n) is 19.9. The van der Waals surface area contributed by atoms with Crippen LogP contribution < -0.4 is 19.5 Å². The molecule has 1 saturated heterocycles. The van der Waals surface area contributed by atoms with Crippen molar-refractivity contribution in [1.82, 2.24) is 10.2 Å². The average molecular weight is 479 g/mol. The highest BCUT2D eigenvalue weighted by molar-refractivity contribution is 5.98. The lowest BCUT2D eigenvalue weighted by Crippen LogP contribution is -2.43. The molecule has 182 valence electrons. The van der Waals surface area contributed by atoms with Gasteiger partial charge in [0, 0.05) is 31.0 Å². The highest BCUT2D eigenvalue weighted by Crippen LogP contribution is 2.41. The van der Waals surface area contributed by atoms with Crippen molar-refractivity contribution in [2.45, 2.75) is 38.1 Å². The van der Waals surface area contributed by atoms with Gasteiger partial charge in [0.25, 0.3) is 0 Å². The van der Waals surface area contributed by atoms with Gasteiger partial charge in [0.2, 0.25) is 11.7 Å². The summed E-state index contributed by atoms with van der Waals surface area (Å²) in [6.45, 7) is 1.49. The molecule has 0 bridgehead atoms. The molecule has 8 heteroatoms. The Kier molecular flexibility index (Phi) is 9.80. The third-order valence-corrected chi connectivity index (χ3v) is 6.40. The first kappa shape index (κ1) is 26.7. The molecular weight excluding hydrogens is 444 g/mol. The summed E-state index contributed by atoms with van der Waals surface area (Å²) >= 11 is 0. The summed E-state index contributed by atoms with van der Waals surface area (Å²) in [6.07, 6.45) is 11.9. The monoisotopic (exact) mass is 478 g/mol. The Morgan fingerprint density at radius 1 is 1.12 bits per heavy atom. The van der Waals surface area contributed by atoms with Crippen LogP contribution in [-0.2, 0) is 4.79 Å². The van der Waals surface area contributed by atoms with Crippen molar-refractivity contribution in [3.05, 3.63) is 42.0 Å². The van der Waals surface area contributed by atoms with Crippen LogP contribution in [0.2, 0.25) is 0 Å². The average Bonchev–Trinajstić information content (AvgIpc) is 3.36. The van der Waals surface area contributed by atoms with Gasteiger partial charge < -0.3 is 24.4 Å². The van der Waals surface area contributed by atoms with E-state index in [4.69, 9.17) is 14.2 Å². The van der Waals surface area contributed by atoms with Gasteiger partial charge >= 0.3 is 0 Å². The highest BCUT2D eigenvalue weighted by atomic mass is 35.5. The Labute approximate surface area is 202 Å². The minimum absolute atomic E-state index is 0. The van der Waals surface area contributed by atoms with E-state index < -0.39 is 0 Å². The molecule has 1 aliphatic carbocycles. The van der Waals surface area contributed by atoms with E-state index in [9.17, 15) is 9.59 Å². The number of hydrogen-bond donors (Lipinski definition) is 1. The second kappa shape index (κ2) is 12.1. The number of halogens is 1. The summed E-state index contributed by atoms with van der Waals surface area (Å²) in [5.74, 6) is 1.50. The first-order valence-electron chi connectivity index (χ1n) is 11.1. The molecule has 0 spiro atoms. The van der Waals surface area contributed by atoms with Crippen LogP contribution in [0.3, 0.4) is 0 Å². The van der Waals surface area contributed by atoms with E-state index in [1.54, 1.807) is 17.0 Å². The molecule has 1 aromatic rings. The van der Waals surface area contributed by atoms with Crippen LogP contribution in [0.5, 0.6) is 17.2 Å². The fourth-order valence-electron chi connectivity index (χ4n) is 4.44. The van der Waals surface area contributed by atoms with Gasteiger partial charge in [-0.25, -0.2) is 0 Å². The summed E-state index contributed by atoms with van der Waals surface area (Å²) in [4.78, 5) is 27.8. The summed E-state index contributed by atoms with van der Waals surface area (Å²) < 4.78 is 16.2. The lowest BCUT2D eigenvalue weighted by molar-refractivity contribution is -0.132. The van der Waals surface area contributed by atoms with E-state index in [0.29, 0.717) is 42.2 Å². The van der Waals surface area contributed by atoms with Gasteiger partial charge in [-0.3, -0.25) is 9.59 Å². The van der Waals surface area contributed by atoms with E-state index >= 15 is 0 Å². The second-order valence-corrected chi connectivity index (χ2v) is 8.53. The van der Waals surface area contributed by atoms with Crippen LogP contribution >= 0.6 is 12.4 Å². The molecule has 1 amide bonds. The summed E-state index contributed by atoms with van der Waals surface area (Å²) in [6, 6.07) is 3.31. The Morgan fingerprint density at radius 3 is 2.33 bits per heavy atom. The lowest BCUT2D eigenvalue weighted by atomic mass is 9.74. The molecule has 0 aromatic heterocycles. The van der Waals surface area contributed by atoms with Crippen molar-refractivity contribution < 1.29 is 23.8 Å². The van der Waals surface area contributed by atoms with Gasteiger partial charge in [0.05, 0.1) is 27.4 Å². The highest BCUT2D eigenvalue weighted by Gasteiger charge is 2.33. The van der Waals surface area contributed by atoms with Crippen molar-refractivity contribution in [2.24, 2.45) is 5.41 Å². The Balaban J connectivity index is 0.00000385. The smallest absolute Gasteiger partial charge is 0.239 e. The van der Waals surface area contributed by atoms with Crippen molar-refractivity contribution in [3.8, 4) is 17.2 Å². The number of rotatable bonds is 10. The number of nitrogens with one attached hydrogen (secondary N) is 1. The number of Topliss-reactive ketones (excluding diaryl/α,β-unsaturated/α-hetero) is 1. The SMILES string of the molecule is COc1cc(C(=O)CC2(CCN(C)C(=O)[C@@H]3CCCN3)C=CC=CC2)cc(OC)c1OC.Cl. The molecule has 1 heterocycles. The number of hydrogen-bond acceptors (Lipinski definition) is 6. The number of methoxy groups -OCH3 is 3. The standard InChI is InChI=1S/C25H34N2O5.ClH/c1-27(24(29)19-9-8-13-26-19)14-12-25(10-6-5-7-11-25)17-20(28)18-15-21(30-2)23(32-4)22(16-18)31-3;/h5-7,10,15-16,19,26H,8-9,11-14,17H2,1-4H3;1H/t19-,25?;/m0./s1. The maximum Gasteiger partial charge on any atom is 0.239 e. The molecule has 1 unspecified atom stereocenters. The molecule has 1 aromatic carbocycles. The number of likely N-dealkylation sites (N-methyl/N-ethyl adjacent to an activating group) is 1. The van der Waals surface area contributed by atoms with Crippen LogP contribution in [0.4, 0.5) is 0 Å². The van der Waals surface area contributed by atoms with Gasteiger partial charge in [-0.15, -0.1) is 12.4 Å². The molecular formula is C25H35ClN2O5. The van der Waals surface area contributed by atoms with E-state index in [0.717, 1.165) is 25.8 Å². The van der Waals surface area contributed by atoms with Gasteiger partial charge in [0.1, 0.15) is 0 Å². The summed E-state index contributed by atoms with van der Waals surface area (Å²) in [5.41, 5.74) is 0.172. The molecule has 1 N–H and O–H groups in total. The minimum atomic E-state index is -0.343. The first-order valence-corrected chi connectivity index (χ1v) is 11.1. The molecule has 1 fully saturated rings. The maximum atomic E-state index is 13.3. The Morgan fingerprint density at radius 2 is 1.82 bits per heavy atom. The summed E-state index contributed by atoms with van der Waals surface area (Å²) in [7, 11) is 6.45. The van der Waals surface area contributed by atoms with Gasteiger partial charge in [-0.1, -0.05) is 24.3 Å². The third-order valence-electron chi connectivity index (χ3n) is 6.40. The molecule has 2 aliphatic rings. The van der Waals surface area contributed by atoms with Crippen LogP contribution in [0.15, 0.2) is 36.4 Å². The van der Waals surface area contributed by atoms with Crippen molar-refractivity contribution in [3.63, 3.8) is 0 Å². The molecule has 0 radical (unpaired) electrons. The predicted molar refractivity (Wildman–Crippen MR) is 131 cm³/mol. The number of carbonyl (C=O) groups excluding carboxylic acids is 2. The number of amides is 1. The van der Waals surface area contributed by atoms with E-state index in [-0.39, 0.29) is 35.6 Å². The topological polar surface area (TPSA) is 77.1 Å². The molecule has 0 saturated carbocycles. The van der Waals surface area contributed by atoms with Gasteiger partial charge in [-0.2, -0.15) is 0 Å². The fraction of sp³-hybridized carbons (Fsp3) is 0.520. The lowest BCUT2D eigenvalue weighted by Gasteiger charge is -2.33. The Bertz CT molecular complexity index is 870. The summed E-state index contributed by atoms with van der Waals surface area (Å²) in [5, 5.41) is 3.26. The van der Waals surface area contributed by atoms with Crippen LogP contribution in [0.25, 0.3) is 0 Å². The van der Waals surface area contributed by atoms with Crippen LogP contribution in [0, 0.1) is 5.41 Å². The molecule has 33 heavy (non-hydrogen) atoms. The van der Waals surface area contributed by atoms with Crippen molar-refractivity contribution in [2.75, 3.05) is 41.5 Å². The largest absolute Gasteiger partial charge is 0.493 e. The normalized spacial score (nSPS) is 21.3. The molecule has 2 atom stereocenters. The van der Waals surface area contributed by atoms with E-state index in [1.165, 1.54) is 21.3 Å². The van der Waals surface area contributed by atoms with Gasteiger partial charge in [-0.05, 0) is 44.4 Å². The maximum absolute atomic E-state index is 13.3. The van der Waals surface area contributed by atoms with Crippen molar-refractivity contribution >= 4 is 24.1 Å². The molecule has 7 nitrogen and oxygen atoms in total. The second-order valence-electron chi connectivity index (χ2n) is 8.53. The number of allylic oxidation sites excluding steroid dienone is 4.